The first-order chi connectivity index (χ1) is 30.7. The van der Waals surface area contributed by atoms with Crippen LogP contribution in [0.3, 0.4) is 0 Å². The Labute approximate surface area is 379 Å². The number of amides is 2. The second-order valence-electron chi connectivity index (χ2n) is 15.5. The van der Waals surface area contributed by atoms with E-state index in [4.69, 9.17) is 42.7 Å². The number of nitrogens with zero attached hydrogens (tertiary/aromatic N) is 2. The maximum absolute atomic E-state index is 14.5. The van der Waals surface area contributed by atoms with Crippen molar-refractivity contribution in [3.8, 4) is 34.4 Å². The summed E-state index contributed by atoms with van der Waals surface area (Å²) in [6.07, 6.45) is 0.429. The van der Waals surface area contributed by atoms with Crippen LogP contribution in [-0.4, -0.2) is 61.2 Å². The molecule has 2 aliphatic rings. The highest BCUT2D eigenvalue weighted by Gasteiger charge is 2.39. The van der Waals surface area contributed by atoms with Gasteiger partial charge in [-0.25, -0.2) is 13.2 Å². The van der Waals surface area contributed by atoms with Gasteiger partial charge in [-0.15, -0.1) is 0 Å². The van der Waals surface area contributed by atoms with Crippen molar-refractivity contribution in [1.82, 2.24) is 10.2 Å². The van der Waals surface area contributed by atoms with E-state index in [2.05, 4.69) is 11.4 Å². The van der Waals surface area contributed by atoms with Crippen LogP contribution in [0.5, 0.6) is 17.2 Å². The quantitative estimate of drug-likeness (QED) is 0.121. The van der Waals surface area contributed by atoms with E-state index in [1.807, 2.05) is 54.6 Å². The topological polar surface area (TPSA) is 172 Å². The van der Waals surface area contributed by atoms with Crippen LogP contribution in [0.4, 0.5) is 0 Å². The molecule has 0 radical (unpaired) electrons. The number of carboxylic acids is 1. The fourth-order valence-corrected chi connectivity index (χ4v) is 8.93. The highest BCUT2D eigenvalue weighted by molar-refractivity contribution is 7.90. The molecule has 2 aliphatic heterocycles. The zero-order chi connectivity index (χ0) is 45.1. The monoisotopic (exact) mass is 915 g/mol. The molecule has 6 aromatic rings. The fraction of sp³-hybridized carbons (Fsp3) is 0.184. The molecule has 2 N–H and O–H groups in total. The molecule has 2 heterocycles. The molecule has 0 aliphatic carbocycles. The minimum Gasteiger partial charge on any atom is -0.489 e. The van der Waals surface area contributed by atoms with Crippen molar-refractivity contribution in [3.63, 3.8) is 0 Å². The molecular formula is C49H39Cl2N3O9S. The Morgan fingerprint density at radius 1 is 0.859 bits per heavy atom. The summed E-state index contributed by atoms with van der Waals surface area (Å²) in [4.78, 5) is 42.5. The van der Waals surface area contributed by atoms with E-state index in [1.54, 1.807) is 48.5 Å². The fourth-order valence-electron chi connectivity index (χ4n) is 7.73. The van der Waals surface area contributed by atoms with Crippen LogP contribution in [-0.2, 0) is 45.4 Å². The van der Waals surface area contributed by atoms with E-state index in [-0.39, 0.29) is 43.1 Å². The van der Waals surface area contributed by atoms with Gasteiger partial charge in [-0.2, -0.15) is 5.26 Å². The third-order valence-electron chi connectivity index (χ3n) is 11.1. The number of ether oxygens (including phenoxy) is 3. The summed E-state index contributed by atoms with van der Waals surface area (Å²) in [7, 11) is -3.86. The van der Waals surface area contributed by atoms with E-state index >= 15 is 0 Å². The summed E-state index contributed by atoms with van der Waals surface area (Å²) in [5.74, 6) is -1.24. The SMILES string of the molecule is CS(=O)(=O)c1ccccc1C(=O)N1Cc2cc3c(cc2CC1C(=O)NC(Cc1ccc(-c2ccc(C#N)cc2)cc1)C(=O)O)OCC(c1ccc(OCc2ccc(Cl)c(Cl)c2)cc1)O3. The minimum absolute atomic E-state index is 0.0245. The molecule has 0 saturated heterocycles. The number of fused-ring (bicyclic) bond motifs is 2. The van der Waals surface area contributed by atoms with Crippen molar-refractivity contribution in [3.05, 3.63) is 176 Å². The normalized spacial score (nSPS) is 15.9. The van der Waals surface area contributed by atoms with Crippen LogP contribution in [0.25, 0.3) is 11.1 Å². The third kappa shape index (κ3) is 9.70. The van der Waals surface area contributed by atoms with Gasteiger partial charge in [0.2, 0.25) is 5.91 Å². The average molecular weight is 917 g/mol. The Balaban J connectivity index is 1.02. The summed E-state index contributed by atoms with van der Waals surface area (Å²) in [5, 5.41) is 23.0. The molecule has 6 aromatic carbocycles. The largest absolute Gasteiger partial charge is 0.489 e. The Hall–Kier alpha value is -6.85. The molecule has 0 bridgehead atoms. The van der Waals surface area contributed by atoms with Gasteiger partial charge in [0, 0.05) is 25.6 Å². The van der Waals surface area contributed by atoms with E-state index in [9.17, 15) is 27.9 Å². The summed E-state index contributed by atoms with van der Waals surface area (Å²) >= 11 is 12.2. The first kappa shape index (κ1) is 43.8. The predicted molar refractivity (Wildman–Crippen MR) is 239 cm³/mol. The van der Waals surface area contributed by atoms with Crippen LogP contribution in [0.15, 0.2) is 132 Å². The van der Waals surface area contributed by atoms with Gasteiger partial charge in [-0.3, -0.25) is 9.59 Å². The van der Waals surface area contributed by atoms with E-state index in [0.29, 0.717) is 49.5 Å². The number of hydrogen-bond donors (Lipinski definition) is 2. The summed E-state index contributed by atoms with van der Waals surface area (Å²) in [6, 6.07) is 35.8. The molecular weight excluding hydrogens is 878 g/mol. The van der Waals surface area contributed by atoms with Crippen molar-refractivity contribution >= 4 is 50.8 Å². The van der Waals surface area contributed by atoms with Crippen LogP contribution in [0, 0.1) is 11.3 Å². The highest BCUT2D eigenvalue weighted by atomic mass is 35.5. The Kier molecular flexibility index (Phi) is 12.6. The second-order valence-corrected chi connectivity index (χ2v) is 18.3. The maximum Gasteiger partial charge on any atom is 0.326 e. The molecule has 0 saturated carbocycles. The van der Waals surface area contributed by atoms with Gasteiger partial charge in [0.25, 0.3) is 5.91 Å². The maximum atomic E-state index is 14.5. The summed E-state index contributed by atoms with van der Waals surface area (Å²) in [6.45, 7) is 0.350. The number of hydrogen-bond acceptors (Lipinski definition) is 9. The number of rotatable bonds is 12. The molecule has 0 aromatic heterocycles. The summed E-state index contributed by atoms with van der Waals surface area (Å²) < 4.78 is 44.3. The van der Waals surface area contributed by atoms with Crippen molar-refractivity contribution < 1.29 is 42.1 Å². The van der Waals surface area contributed by atoms with Crippen molar-refractivity contribution in [1.29, 1.82) is 5.26 Å². The third-order valence-corrected chi connectivity index (χ3v) is 13.0. The molecule has 324 valence electrons. The predicted octanol–water partition coefficient (Wildman–Crippen LogP) is 8.41. The van der Waals surface area contributed by atoms with Crippen LogP contribution >= 0.6 is 23.2 Å². The summed E-state index contributed by atoms with van der Waals surface area (Å²) in [5.41, 5.74) is 5.78. The Morgan fingerprint density at radius 3 is 2.20 bits per heavy atom. The van der Waals surface area contributed by atoms with Crippen LogP contribution in [0.1, 0.15) is 49.8 Å². The molecule has 0 fully saturated rings. The number of nitrogens with one attached hydrogen (secondary N) is 1. The number of nitriles is 1. The average Bonchev–Trinajstić information content (AvgIpc) is 3.30. The lowest BCUT2D eigenvalue weighted by Gasteiger charge is -2.38. The number of benzene rings is 6. The Bertz CT molecular complexity index is 2920. The zero-order valence-corrected chi connectivity index (χ0v) is 36.5. The smallest absolute Gasteiger partial charge is 0.326 e. The number of halogens is 2. The highest BCUT2D eigenvalue weighted by Crippen LogP contribution is 2.41. The van der Waals surface area contributed by atoms with Crippen molar-refractivity contribution in [2.75, 3.05) is 12.9 Å². The van der Waals surface area contributed by atoms with Crippen LogP contribution < -0.4 is 19.5 Å². The van der Waals surface area contributed by atoms with Gasteiger partial charge in [-0.05, 0) is 99.6 Å². The standard InChI is InChI=1S/C49H39Cl2N3O9S/c1-64(59,60)46-5-3-2-4-38(46)48(56)54-26-36-24-44-43(62-28-45(63-44)34-15-17-37(18-16-34)61-27-31-10-19-39(50)40(51)20-31)23-35(36)22-42(54)47(55)53-41(49(57)58)21-29-6-11-32(12-7-29)33-13-8-30(25-52)9-14-33/h2-20,23-24,41-42,45H,21-22,26-28H2,1H3,(H,53,55)(H,57,58). The molecule has 3 atom stereocenters. The second kappa shape index (κ2) is 18.5. The molecule has 64 heavy (non-hydrogen) atoms. The molecule has 15 heteroatoms. The van der Waals surface area contributed by atoms with E-state index in [1.165, 1.54) is 29.2 Å². The first-order valence-electron chi connectivity index (χ1n) is 20.1. The van der Waals surface area contributed by atoms with Gasteiger partial charge in [-0.1, -0.05) is 89.9 Å². The lowest BCUT2D eigenvalue weighted by molar-refractivity contribution is -0.142. The van der Waals surface area contributed by atoms with Gasteiger partial charge < -0.3 is 29.5 Å². The van der Waals surface area contributed by atoms with Crippen LogP contribution in [0.2, 0.25) is 10.0 Å². The van der Waals surface area contributed by atoms with E-state index < -0.39 is 45.8 Å². The van der Waals surface area contributed by atoms with Gasteiger partial charge in [0.1, 0.15) is 31.0 Å². The molecule has 8 rings (SSSR count). The van der Waals surface area contributed by atoms with E-state index in [0.717, 1.165) is 28.5 Å². The molecule has 2 amide bonds. The van der Waals surface area contributed by atoms with Crippen molar-refractivity contribution in [2.45, 2.75) is 49.1 Å². The molecule has 0 spiro atoms. The number of carboxylic acid groups (broad SMARTS) is 1. The lowest BCUT2D eigenvalue weighted by Crippen LogP contribution is -2.56. The van der Waals surface area contributed by atoms with Gasteiger partial charge in [0.15, 0.2) is 27.4 Å². The van der Waals surface area contributed by atoms with Gasteiger partial charge >= 0.3 is 5.97 Å². The number of carbonyl (C=O) groups is 3. The lowest BCUT2D eigenvalue weighted by atomic mass is 9.91. The molecule has 3 unspecified atom stereocenters. The number of aliphatic carboxylic acids is 1. The zero-order valence-electron chi connectivity index (χ0n) is 34.2. The number of sulfone groups is 1. The Morgan fingerprint density at radius 2 is 1.53 bits per heavy atom. The molecule has 12 nitrogen and oxygen atoms in total. The van der Waals surface area contributed by atoms with Crippen molar-refractivity contribution in [2.24, 2.45) is 0 Å². The van der Waals surface area contributed by atoms with Gasteiger partial charge in [0.05, 0.1) is 32.1 Å². The minimum atomic E-state index is -3.86. The first-order valence-corrected chi connectivity index (χ1v) is 22.7. The number of carbonyl (C=O) groups excluding carboxylic acids is 2.